The number of aliphatic carboxylic acids is 2. The lowest BCUT2D eigenvalue weighted by Crippen LogP contribution is -2.70. The van der Waals surface area contributed by atoms with Crippen LogP contribution in [0.4, 0.5) is 0 Å². The van der Waals surface area contributed by atoms with Crippen molar-refractivity contribution in [1.29, 1.82) is 0 Å². The lowest BCUT2D eigenvalue weighted by molar-refractivity contribution is -0.151. The number of nitrogens with two attached hydrogens (primary N) is 1. The fourth-order valence-corrected chi connectivity index (χ4v) is 5.69. The molecule has 0 aliphatic carbocycles. The van der Waals surface area contributed by atoms with Crippen molar-refractivity contribution in [3.8, 4) is 0 Å². The van der Waals surface area contributed by atoms with Gasteiger partial charge in [-0.3, -0.25) is 19.3 Å². The van der Waals surface area contributed by atoms with Crippen LogP contribution in [-0.4, -0.2) is 70.5 Å². The third-order valence-corrected chi connectivity index (χ3v) is 7.73. The highest BCUT2D eigenvalue weighted by molar-refractivity contribution is 8.00. The van der Waals surface area contributed by atoms with Gasteiger partial charge in [0.2, 0.25) is 5.91 Å². The lowest BCUT2D eigenvalue weighted by atomic mass is 10.0. The fourth-order valence-electron chi connectivity index (χ4n) is 3.39. The van der Waals surface area contributed by atoms with Crippen LogP contribution in [0.15, 0.2) is 40.6 Å². The largest absolute Gasteiger partial charge is 0.480 e. The Balaban J connectivity index is 1.69. The smallest absolute Gasteiger partial charge is 0.356 e. The van der Waals surface area contributed by atoms with Gasteiger partial charge in [-0.25, -0.2) is 4.79 Å². The second kappa shape index (κ2) is 10.0. The molecule has 1 saturated heterocycles. The summed E-state index contributed by atoms with van der Waals surface area (Å²) < 4.78 is 30.3. The van der Waals surface area contributed by atoms with Crippen LogP contribution in [-0.2, 0) is 33.5 Å². The minimum atomic E-state index is -4.33. The maximum absolute atomic E-state index is 12.6. The molecular formula is C20H23N3O9S2. The number of fused-ring (bicyclic) bond motifs is 1. The van der Waals surface area contributed by atoms with E-state index in [9.17, 15) is 32.7 Å². The Morgan fingerprint density at radius 2 is 1.91 bits per heavy atom. The molecule has 0 spiro atoms. The summed E-state index contributed by atoms with van der Waals surface area (Å²) in [5, 5.41) is 20.2. The van der Waals surface area contributed by atoms with E-state index in [0.29, 0.717) is 0 Å². The van der Waals surface area contributed by atoms with E-state index >= 15 is 0 Å². The van der Waals surface area contributed by atoms with Crippen molar-refractivity contribution in [2.75, 3.05) is 5.75 Å². The summed E-state index contributed by atoms with van der Waals surface area (Å²) in [6, 6.07) is 3.68. The summed E-state index contributed by atoms with van der Waals surface area (Å²) in [4.78, 5) is 48.1. The van der Waals surface area contributed by atoms with E-state index in [2.05, 4.69) is 5.32 Å². The second-order valence-corrected chi connectivity index (χ2v) is 10.4. The highest BCUT2D eigenvalue weighted by Gasteiger charge is 2.55. The van der Waals surface area contributed by atoms with Crippen molar-refractivity contribution in [2.24, 2.45) is 5.73 Å². The quantitative estimate of drug-likeness (QED) is 0.243. The van der Waals surface area contributed by atoms with Crippen molar-refractivity contribution in [1.82, 2.24) is 10.2 Å². The van der Waals surface area contributed by atoms with E-state index in [4.69, 9.17) is 15.0 Å². The van der Waals surface area contributed by atoms with Crippen LogP contribution >= 0.6 is 11.8 Å². The number of thioether (sulfide) groups is 1. The number of nitrogens with one attached hydrogen (secondary N) is 1. The Kier molecular flexibility index (Phi) is 7.53. The van der Waals surface area contributed by atoms with Gasteiger partial charge in [0.15, 0.2) is 11.5 Å². The zero-order chi connectivity index (χ0) is 25.2. The van der Waals surface area contributed by atoms with Crippen LogP contribution in [0.1, 0.15) is 24.8 Å². The van der Waals surface area contributed by atoms with E-state index in [1.165, 1.54) is 12.1 Å². The van der Waals surface area contributed by atoms with Crippen LogP contribution < -0.4 is 11.1 Å². The molecule has 0 radical (unpaired) electrons. The Morgan fingerprint density at radius 1 is 1.26 bits per heavy atom. The van der Waals surface area contributed by atoms with Gasteiger partial charge in [0.25, 0.3) is 5.91 Å². The number of amides is 2. The predicted molar refractivity (Wildman–Crippen MR) is 119 cm³/mol. The fraction of sp³-hybridized carbons (Fsp3) is 0.400. The van der Waals surface area contributed by atoms with E-state index in [1.54, 1.807) is 19.1 Å². The van der Waals surface area contributed by atoms with Crippen LogP contribution in [0.3, 0.4) is 0 Å². The van der Waals surface area contributed by atoms with Crippen LogP contribution in [0.5, 0.6) is 0 Å². The van der Waals surface area contributed by atoms with Crippen molar-refractivity contribution in [3.63, 3.8) is 0 Å². The van der Waals surface area contributed by atoms with Gasteiger partial charge >= 0.3 is 22.1 Å². The molecule has 2 heterocycles. The van der Waals surface area contributed by atoms with E-state index in [1.807, 2.05) is 0 Å². The summed E-state index contributed by atoms with van der Waals surface area (Å²) in [7, 11) is -4.33. The number of carboxylic acid groups (broad SMARTS) is 2. The number of carboxylic acids is 2. The number of nitrogens with zero attached hydrogens (tertiary/aromatic N) is 1. The molecule has 0 bridgehead atoms. The average molecular weight is 514 g/mol. The van der Waals surface area contributed by atoms with Crippen molar-refractivity contribution >= 4 is 45.6 Å². The van der Waals surface area contributed by atoms with Crippen LogP contribution in [0.2, 0.25) is 0 Å². The molecule has 1 aromatic rings. The standard InChI is InChI=1S/C20H23N3O9S2/c1-10-5-7-11(8-6-10)34(30,31)32-13-9-33-18-15(17(25)23(18)16(13)20(28)29)22-14(24)4-2-3-12(21)19(26)27/h5-8,12,15,18H,2-4,9,21H2,1H3,(H,22,24)(H,26,27)(H,28,29)/t12?,15?,18-/m0/s1. The highest BCUT2D eigenvalue weighted by atomic mass is 32.2. The van der Waals surface area contributed by atoms with E-state index < -0.39 is 62.8 Å². The third-order valence-electron chi connectivity index (χ3n) is 5.21. The van der Waals surface area contributed by atoms with Gasteiger partial charge < -0.3 is 25.4 Å². The number of hydrogen-bond donors (Lipinski definition) is 4. The molecule has 12 nitrogen and oxygen atoms in total. The number of β-lactam (4-membered cyclic amide) rings is 1. The first-order valence-electron chi connectivity index (χ1n) is 10.1. The maximum atomic E-state index is 12.6. The summed E-state index contributed by atoms with van der Waals surface area (Å²) in [5.74, 6) is -4.50. The van der Waals surface area contributed by atoms with E-state index in [0.717, 1.165) is 22.2 Å². The van der Waals surface area contributed by atoms with Gasteiger partial charge in [0.05, 0.1) is 5.75 Å². The second-order valence-electron chi connectivity index (χ2n) is 7.72. The molecule has 1 fully saturated rings. The minimum Gasteiger partial charge on any atom is -0.480 e. The van der Waals surface area contributed by atoms with Crippen molar-refractivity contribution in [2.45, 2.75) is 48.5 Å². The molecule has 0 saturated carbocycles. The van der Waals surface area contributed by atoms with Gasteiger partial charge in [0.1, 0.15) is 22.4 Å². The van der Waals surface area contributed by atoms with Crippen molar-refractivity contribution < 1.29 is 42.0 Å². The Labute approximate surface area is 199 Å². The number of hydrogen-bond acceptors (Lipinski definition) is 9. The molecule has 34 heavy (non-hydrogen) atoms. The molecule has 1 aromatic carbocycles. The average Bonchev–Trinajstić information content (AvgIpc) is 2.76. The highest BCUT2D eigenvalue weighted by Crippen LogP contribution is 2.41. The summed E-state index contributed by atoms with van der Waals surface area (Å²) in [6.07, 6.45) is 0.206. The zero-order valence-corrected chi connectivity index (χ0v) is 19.6. The number of aryl methyl sites for hydroxylation is 1. The van der Waals surface area contributed by atoms with E-state index in [-0.39, 0.29) is 29.9 Å². The molecule has 0 aromatic heterocycles. The summed E-state index contributed by atoms with van der Waals surface area (Å²) >= 11 is 1.05. The lowest BCUT2D eigenvalue weighted by Gasteiger charge is -2.48. The first-order chi connectivity index (χ1) is 15.9. The van der Waals surface area contributed by atoms with Gasteiger partial charge in [-0.1, -0.05) is 17.7 Å². The minimum absolute atomic E-state index is 0.0626. The topological polar surface area (TPSA) is 193 Å². The van der Waals surface area contributed by atoms with Gasteiger partial charge in [-0.15, -0.1) is 11.8 Å². The van der Waals surface area contributed by atoms with Gasteiger partial charge in [-0.05, 0) is 31.9 Å². The molecule has 2 amide bonds. The first kappa shape index (κ1) is 25.5. The molecule has 2 aliphatic rings. The van der Waals surface area contributed by atoms with Crippen LogP contribution in [0.25, 0.3) is 0 Å². The first-order valence-corrected chi connectivity index (χ1v) is 12.6. The molecule has 5 N–H and O–H groups in total. The summed E-state index contributed by atoms with van der Waals surface area (Å²) in [6.45, 7) is 1.77. The molecule has 184 valence electrons. The third kappa shape index (κ3) is 5.34. The van der Waals surface area contributed by atoms with Crippen molar-refractivity contribution in [3.05, 3.63) is 41.3 Å². The van der Waals surface area contributed by atoms with Crippen LogP contribution in [0, 0.1) is 6.92 Å². The number of benzene rings is 1. The maximum Gasteiger partial charge on any atom is 0.356 e. The molecule has 3 rings (SSSR count). The Bertz CT molecular complexity index is 1150. The zero-order valence-electron chi connectivity index (χ0n) is 18.0. The molecule has 2 unspecified atom stereocenters. The number of rotatable bonds is 10. The predicted octanol–water partition coefficient (Wildman–Crippen LogP) is -0.0214. The molecule has 14 heteroatoms. The van der Waals surface area contributed by atoms with Gasteiger partial charge in [-0.2, -0.15) is 8.42 Å². The SMILES string of the molecule is Cc1ccc(S(=O)(=O)OC2=C(C(=O)O)N3C(=O)C(NC(=O)CCCC(N)C(=O)O)[C@@H]3SC2)cc1. The number of carbonyl (C=O) groups is 4. The monoisotopic (exact) mass is 513 g/mol. The summed E-state index contributed by atoms with van der Waals surface area (Å²) in [5.41, 5.74) is 5.61. The Morgan fingerprint density at radius 3 is 2.50 bits per heavy atom. The molecule has 2 aliphatic heterocycles. The number of carbonyl (C=O) groups excluding carboxylic acids is 2. The normalized spacial score (nSPS) is 20.8. The molecule has 3 atom stereocenters. The Hall–Kier alpha value is -3.10. The molecular weight excluding hydrogens is 490 g/mol. The van der Waals surface area contributed by atoms with Gasteiger partial charge in [0, 0.05) is 6.42 Å².